The van der Waals surface area contributed by atoms with E-state index in [1.807, 2.05) is 51.1 Å². The van der Waals surface area contributed by atoms with Crippen LogP contribution in [0.1, 0.15) is 46.2 Å². The fourth-order valence-corrected chi connectivity index (χ4v) is 2.29. The molecular formula is C15H23NO3. The summed E-state index contributed by atoms with van der Waals surface area (Å²) in [6.45, 7) is 8.73. The standard InChI is InChI=1S/C15H23NO3/c1-14(2,3)16(13(17)18)12(15(4,5)19)11-9-7-6-8-10-11/h6-10,12,19H,1-5H3,(H,17,18). The van der Waals surface area contributed by atoms with Crippen LogP contribution < -0.4 is 0 Å². The predicted molar refractivity (Wildman–Crippen MR) is 75.1 cm³/mol. The first kappa shape index (κ1) is 15.5. The highest BCUT2D eigenvalue weighted by molar-refractivity contribution is 5.67. The third-order valence-electron chi connectivity index (χ3n) is 2.97. The van der Waals surface area contributed by atoms with E-state index in [9.17, 15) is 15.0 Å². The summed E-state index contributed by atoms with van der Waals surface area (Å²) in [5.41, 5.74) is -0.994. The lowest BCUT2D eigenvalue weighted by molar-refractivity contribution is -0.0440. The molecule has 1 aromatic carbocycles. The van der Waals surface area contributed by atoms with Gasteiger partial charge < -0.3 is 10.2 Å². The Hall–Kier alpha value is -1.55. The highest BCUT2D eigenvalue weighted by Gasteiger charge is 2.41. The summed E-state index contributed by atoms with van der Waals surface area (Å²) in [6.07, 6.45) is -1.04. The monoisotopic (exact) mass is 265 g/mol. The van der Waals surface area contributed by atoms with Gasteiger partial charge in [0.15, 0.2) is 0 Å². The Morgan fingerprint density at radius 3 is 1.89 bits per heavy atom. The fraction of sp³-hybridized carbons (Fsp3) is 0.533. The van der Waals surface area contributed by atoms with E-state index in [4.69, 9.17) is 0 Å². The van der Waals surface area contributed by atoms with Crippen molar-refractivity contribution in [3.05, 3.63) is 35.9 Å². The number of rotatable bonds is 3. The van der Waals surface area contributed by atoms with Crippen molar-refractivity contribution in [1.29, 1.82) is 0 Å². The molecule has 4 heteroatoms. The second-order valence-electron chi connectivity index (χ2n) is 6.29. The first-order valence-electron chi connectivity index (χ1n) is 6.34. The number of aliphatic hydroxyl groups is 1. The van der Waals surface area contributed by atoms with Crippen LogP contribution in [0.4, 0.5) is 4.79 Å². The molecule has 4 nitrogen and oxygen atoms in total. The van der Waals surface area contributed by atoms with Gasteiger partial charge in [0.05, 0.1) is 11.6 Å². The van der Waals surface area contributed by atoms with Gasteiger partial charge in [-0.3, -0.25) is 4.90 Å². The first-order valence-corrected chi connectivity index (χ1v) is 6.34. The van der Waals surface area contributed by atoms with Gasteiger partial charge >= 0.3 is 6.09 Å². The van der Waals surface area contributed by atoms with Gasteiger partial charge in [-0.15, -0.1) is 0 Å². The van der Waals surface area contributed by atoms with E-state index in [-0.39, 0.29) is 0 Å². The number of carboxylic acid groups (broad SMARTS) is 1. The Labute approximate surface area is 114 Å². The van der Waals surface area contributed by atoms with Gasteiger partial charge in [0.25, 0.3) is 0 Å². The van der Waals surface area contributed by atoms with Crippen LogP contribution in [0.2, 0.25) is 0 Å². The summed E-state index contributed by atoms with van der Waals surface area (Å²) in [4.78, 5) is 12.9. The van der Waals surface area contributed by atoms with Crippen LogP contribution in [0.25, 0.3) is 0 Å². The molecule has 1 atom stereocenters. The highest BCUT2D eigenvalue weighted by Crippen LogP contribution is 2.36. The predicted octanol–water partition coefficient (Wildman–Crippen LogP) is 3.28. The van der Waals surface area contributed by atoms with Crippen molar-refractivity contribution in [1.82, 2.24) is 4.90 Å². The Balaban J connectivity index is 3.36. The number of hydrogen-bond acceptors (Lipinski definition) is 2. The largest absolute Gasteiger partial charge is 0.465 e. The van der Waals surface area contributed by atoms with Crippen LogP contribution in [0, 0.1) is 0 Å². The van der Waals surface area contributed by atoms with Crippen molar-refractivity contribution in [3.8, 4) is 0 Å². The van der Waals surface area contributed by atoms with Crippen molar-refractivity contribution in [2.75, 3.05) is 0 Å². The van der Waals surface area contributed by atoms with Crippen LogP contribution in [0.3, 0.4) is 0 Å². The van der Waals surface area contributed by atoms with Crippen molar-refractivity contribution in [2.24, 2.45) is 0 Å². The molecule has 2 N–H and O–H groups in total. The molecule has 0 aliphatic heterocycles. The molecule has 0 aliphatic rings. The SMILES string of the molecule is CC(C)(O)C(c1ccccc1)N(C(=O)O)C(C)(C)C. The van der Waals surface area contributed by atoms with E-state index in [1.54, 1.807) is 13.8 Å². The molecule has 0 heterocycles. The summed E-state index contributed by atoms with van der Waals surface area (Å²) in [5, 5.41) is 19.9. The molecule has 0 saturated carbocycles. The van der Waals surface area contributed by atoms with E-state index in [2.05, 4.69) is 0 Å². The molecule has 1 amide bonds. The average Bonchev–Trinajstić information content (AvgIpc) is 2.23. The van der Waals surface area contributed by atoms with E-state index in [1.165, 1.54) is 4.90 Å². The van der Waals surface area contributed by atoms with Gasteiger partial charge in [-0.05, 0) is 40.2 Å². The normalized spacial score (nSPS) is 14.0. The van der Waals surface area contributed by atoms with Crippen LogP contribution in [-0.2, 0) is 0 Å². The molecule has 0 bridgehead atoms. The van der Waals surface area contributed by atoms with E-state index in [0.29, 0.717) is 0 Å². The summed E-state index contributed by atoms with van der Waals surface area (Å²) >= 11 is 0. The molecule has 0 aliphatic carbocycles. The lowest BCUT2D eigenvalue weighted by atomic mass is 9.87. The molecule has 0 spiro atoms. The summed E-state index contributed by atoms with van der Waals surface area (Å²) < 4.78 is 0. The second-order valence-corrected chi connectivity index (χ2v) is 6.29. The van der Waals surface area contributed by atoms with Crippen LogP contribution in [-0.4, -0.2) is 32.3 Å². The number of hydrogen-bond donors (Lipinski definition) is 2. The van der Waals surface area contributed by atoms with Crippen LogP contribution >= 0.6 is 0 Å². The van der Waals surface area contributed by atoms with Crippen LogP contribution in [0.15, 0.2) is 30.3 Å². The zero-order valence-corrected chi connectivity index (χ0v) is 12.2. The lowest BCUT2D eigenvalue weighted by Gasteiger charge is -2.44. The van der Waals surface area contributed by atoms with Crippen molar-refractivity contribution in [2.45, 2.75) is 51.8 Å². The molecule has 0 fully saturated rings. The first-order chi connectivity index (χ1) is 8.55. The molecule has 1 rings (SSSR count). The molecular weight excluding hydrogens is 242 g/mol. The highest BCUT2D eigenvalue weighted by atomic mass is 16.4. The minimum absolute atomic E-state index is 0.605. The molecule has 106 valence electrons. The number of amides is 1. The number of carbonyl (C=O) groups is 1. The number of benzene rings is 1. The maximum atomic E-state index is 11.6. The summed E-state index contributed by atoms with van der Waals surface area (Å²) in [5.74, 6) is 0. The Morgan fingerprint density at radius 1 is 1.11 bits per heavy atom. The van der Waals surface area contributed by atoms with Crippen molar-refractivity contribution >= 4 is 6.09 Å². The maximum Gasteiger partial charge on any atom is 0.408 e. The quantitative estimate of drug-likeness (QED) is 0.881. The molecule has 1 aromatic rings. The maximum absolute atomic E-state index is 11.6. The Bertz CT molecular complexity index is 429. The van der Waals surface area contributed by atoms with E-state index >= 15 is 0 Å². The molecule has 0 saturated heterocycles. The Kier molecular flexibility index (Phi) is 4.25. The molecule has 1 unspecified atom stereocenters. The lowest BCUT2D eigenvalue weighted by Crippen LogP contribution is -2.53. The van der Waals surface area contributed by atoms with Crippen LogP contribution in [0.5, 0.6) is 0 Å². The number of nitrogens with zero attached hydrogens (tertiary/aromatic N) is 1. The smallest absolute Gasteiger partial charge is 0.408 e. The van der Waals surface area contributed by atoms with E-state index in [0.717, 1.165) is 5.56 Å². The topological polar surface area (TPSA) is 60.8 Å². The minimum Gasteiger partial charge on any atom is -0.465 e. The van der Waals surface area contributed by atoms with Gasteiger partial charge in [0.1, 0.15) is 0 Å². The summed E-state index contributed by atoms with van der Waals surface area (Å²) in [6, 6.07) is 8.61. The van der Waals surface area contributed by atoms with Gasteiger partial charge in [0, 0.05) is 5.54 Å². The fourth-order valence-electron chi connectivity index (χ4n) is 2.29. The molecule has 19 heavy (non-hydrogen) atoms. The molecule has 0 radical (unpaired) electrons. The summed E-state index contributed by atoms with van der Waals surface area (Å²) in [7, 11) is 0. The van der Waals surface area contributed by atoms with Gasteiger partial charge in [-0.25, -0.2) is 4.79 Å². The van der Waals surface area contributed by atoms with Gasteiger partial charge in [-0.1, -0.05) is 30.3 Å². The third-order valence-corrected chi connectivity index (χ3v) is 2.97. The van der Waals surface area contributed by atoms with Crippen molar-refractivity contribution in [3.63, 3.8) is 0 Å². The zero-order chi connectivity index (χ0) is 14.8. The molecule has 0 aromatic heterocycles. The Morgan fingerprint density at radius 2 is 1.58 bits per heavy atom. The van der Waals surface area contributed by atoms with Gasteiger partial charge in [-0.2, -0.15) is 0 Å². The average molecular weight is 265 g/mol. The third kappa shape index (κ3) is 3.70. The minimum atomic E-state index is -1.17. The van der Waals surface area contributed by atoms with Crippen molar-refractivity contribution < 1.29 is 15.0 Å². The van der Waals surface area contributed by atoms with E-state index < -0.39 is 23.3 Å². The second kappa shape index (κ2) is 5.21. The zero-order valence-electron chi connectivity index (χ0n) is 12.2. The van der Waals surface area contributed by atoms with Gasteiger partial charge in [0.2, 0.25) is 0 Å².